The second-order valence-electron chi connectivity index (χ2n) is 20.4. The molecule has 5 heteroatoms. The Kier molecular flexibility index (Phi) is 9.73. The Labute approximate surface area is 460 Å². The van der Waals surface area contributed by atoms with E-state index >= 15 is 0 Å². The van der Waals surface area contributed by atoms with Crippen molar-refractivity contribution in [3.63, 3.8) is 0 Å². The molecule has 365 valence electrons. The fourth-order valence-corrected chi connectivity index (χ4v) is 10.2. The topological polar surface area (TPSA) is 43.9 Å². The number of pyridine rings is 1. The number of furan rings is 1. The van der Waals surface area contributed by atoms with Gasteiger partial charge in [0.25, 0.3) is 0 Å². The van der Waals surface area contributed by atoms with Gasteiger partial charge in [-0.1, -0.05) is 183 Å². The molecule has 4 nitrogen and oxygen atoms in total. The standard InChI is InChI=1S/C50H39N2O.C18H22N.Ir/c1-29(2)40-26-36(32-13-7-6-8-14-32)27-41(30(3)4)47(40)52-48-38-18-12-10-16-34(38)22-24-44(48)51-50(52)39-23-19-31(5)46-43-25-35-21-20-33-15-9-11-17-37(33)42(35)28-45(43)53-49(39)46;1-12-7-8-15(9-13(12)2)17-10-16(18(4,5)6)14(3)11-19-17;/h6-22,24-30H,1-5H3;7-8,10-11H,1-6H3;/q2*-1;/i5D3;1D3,2D3,3D3;. The summed E-state index contributed by atoms with van der Waals surface area (Å²) in [4.78, 5) is 9.62. The molecule has 3 aromatic heterocycles. The summed E-state index contributed by atoms with van der Waals surface area (Å²) < 4.78 is 104. The molecule has 0 atom stereocenters. The van der Waals surface area contributed by atoms with Gasteiger partial charge in [0.05, 0.1) is 22.4 Å². The summed E-state index contributed by atoms with van der Waals surface area (Å²) in [5.74, 6) is 0.993. The average Bonchev–Trinajstić information content (AvgIpc) is 1.63. The van der Waals surface area contributed by atoms with Crippen molar-refractivity contribution in [1.29, 1.82) is 0 Å². The van der Waals surface area contributed by atoms with Crippen LogP contribution >= 0.6 is 0 Å². The van der Waals surface area contributed by atoms with Crippen LogP contribution in [0.4, 0.5) is 0 Å². The van der Waals surface area contributed by atoms with E-state index in [4.69, 9.17) is 25.9 Å². The number of aromatic nitrogens is 3. The van der Waals surface area contributed by atoms with E-state index in [1.165, 1.54) is 40.6 Å². The third-order valence-corrected chi connectivity index (χ3v) is 13.9. The minimum atomic E-state index is -2.66. The first-order valence-electron chi connectivity index (χ1n) is 30.4. The minimum Gasteiger partial charge on any atom is -0.501 e. The predicted octanol–water partition coefficient (Wildman–Crippen LogP) is 18.8. The van der Waals surface area contributed by atoms with E-state index in [0.717, 1.165) is 54.4 Å². The van der Waals surface area contributed by atoms with E-state index in [9.17, 15) is 0 Å². The molecule has 0 aliphatic rings. The van der Waals surface area contributed by atoms with Crippen LogP contribution in [0.15, 0.2) is 162 Å². The summed E-state index contributed by atoms with van der Waals surface area (Å²) in [5.41, 5.74) is 9.71. The van der Waals surface area contributed by atoms with E-state index in [1.807, 2.05) is 32.9 Å². The molecule has 0 amide bonds. The summed E-state index contributed by atoms with van der Waals surface area (Å²) >= 11 is 0. The first-order chi connectivity index (χ1) is 39.5. The Morgan fingerprint density at radius 3 is 1.99 bits per heavy atom. The molecule has 0 spiro atoms. The maximum Gasteiger partial charge on any atom is 0.121 e. The summed E-state index contributed by atoms with van der Waals surface area (Å²) in [7, 11) is 0. The van der Waals surface area contributed by atoms with Crippen LogP contribution in [0.25, 0.3) is 105 Å². The van der Waals surface area contributed by atoms with Gasteiger partial charge in [0.1, 0.15) is 5.58 Å². The Morgan fingerprint density at radius 1 is 0.616 bits per heavy atom. The van der Waals surface area contributed by atoms with Gasteiger partial charge in [-0.25, -0.2) is 0 Å². The number of imidazole rings is 1. The molecule has 0 aliphatic carbocycles. The number of rotatable bonds is 6. The van der Waals surface area contributed by atoms with Gasteiger partial charge >= 0.3 is 0 Å². The van der Waals surface area contributed by atoms with Crippen molar-refractivity contribution in [3.8, 4) is 39.5 Å². The van der Waals surface area contributed by atoms with Crippen LogP contribution in [0.3, 0.4) is 0 Å². The van der Waals surface area contributed by atoms with Crippen molar-refractivity contribution in [1.82, 2.24) is 14.5 Å². The zero-order valence-corrected chi connectivity index (χ0v) is 44.1. The molecule has 0 saturated carbocycles. The van der Waals surface area contributed by atoms with Crippen LogP contribution in [0.1, 0.15) is 116 Å². The van der Waals surface area contributed by atoms with E-state index < -0.39 is 32.8 Å². The number of hydrogen-bond donors (Lipinski definition) is 0. The zero-order valence-electron chi connectivity index (χ0n) is 53.7. The van der Waals surface area contributed by atoms with Gasteiger partial charge in [-0.05, 0) is 120 Å². The van der Waals surface area contributed by atoms with Crippen molar-refractivity contribution in [2.24, 2.45) is 0 Å². The molecule has 0 fully saturated rings. The predicted molar refractivity (Wildman–Crippen MR) is 305 cm³/mol. The van der Waals surface area contributed by atoms with E-state index in [2.05, 4.69) is 165 Å². The first kappa shape index (κ1) is 36.7. The van der Waals surface area contributed by atoms with Crippen molar-refractivity contribution in [2.75, 3.05) is 0 Å². The van der Waals surface area contributed by atoms with Crippen LogP contribution in [-0.2, 0) is 25.5 Å². The molecule has 73 heavy (non-hydrogen) atoms. The first-order valence-corrected chi connectivity index (χ1v) is 24.4. The molecule has 0 aliphatic heterocycles. The van der Waals surface area contributed by atoms with E-state index in [-0.39, 0.29) is 54.2 Å². The van der Waals surface area contributed by atoms with Gasteiger partial charge in [-0.2, -0.15) is 0 Å². The molecule has 9 aromatic carbocycles. The molecule has 3 heterocycles. The second kappa shape index (κ2) is 19.4. The molecule has 0 saturated heterocycles. The van der Waals surface area contributed by atoms with Gasteiger partial charge < -0.3 is 14.0 Å². The molecule has 12 aromatic rings. The van der Waals surface area contributed by atoms with Crippen molar-refractivity contribution < 1.29 is 41.0 Å². The molecule has 12 rings (SSSR count). The van der Waals surface area contributed by atoms with Gasteiger partial charge in [0.2, 0.25) is 0 Å². The smallest absolute Gasteiger partial charge is 0.121 e. The second-order valence-corrected chi connectivity index (χ2v) is 20.4. The third kappa shape index (κ3) is 8.87. The molecule has 0 bridgehead atoms. The van der Waals surface area contributed by atoms with Gasteiger partial charge in [-0.3, -0.25) is 4.98 Å². The summed E-state index contributed by atoms with van der Waals surface area (Å²) in [6.45, 7) is 4.61. The Morgan fingerprint density at radius 2 is 1.29 bits per heavy atom. The van der Waals surface area contributed by atoms with Crippen LogP contribution in [0.5, 0.6) is 0 Å². The fraction of sp³-hybridized carbons (Fsp3) is 0.206. The summed E-state index contributed by atoms with van der Waals surface area (Å²) in [6.07, 6.45) is 1.27. The van der Waals surface area contributed by atoms with Crippen LogP contribution < -0.4 is 0 Å². The quantitative estimate of drug-likeness (QED) is 0.123. The van der Waals surface area contributed by atoms with Gasteiger partial charge in [-0.15, -0.1) is 52.6 Å². The van der Waals surface area contributed by atoms with Crippen LogP contribution in [-0.4, -0.2) is 14.5 Å². The largest absolute Gasteiger partial charge is 0.501 e. The summed E-state index contributed by atoms with van der Waals surface area (Å²) in [6, 6.07) is 56.6. The maximum absolute atomic E-state index is 8.66. The van der Waals surface area contributed by atoms with Crippen molar-refractivity contribution in [2.45, 2.75) is 93.1 Å². The van der Waals surface area contributed by atoms with Crippen molar-refractivity contribution in [3.05, 3.63) is 209 Å². The Balaban J connectivity index is 0.000000235. The van der Waals surface area contributed by atoms with Crippen LogP contribution in [0, 0.1) is 39.5 Å². The maximum atomic E-state index is 8.66. The number of nitrogens with zero attached hydrogens (tertiary/aromatic N) is 3. The van der Waals surface area contributed by atoms with E-state index in [0.29, 0.717) is 44.8 Å². The average molecular weight is 1140 g/mol. The number of benzene rings is 9. The zero-order chi connectivity index (χ0) is 60.2. The number of fused-ring (bicyclic) bond motifs is 9. The SMILES string of the molecule is [2H]C([2H])([2H])c1[c-]c(-c2cc(C(C)(C)C)c(C([2H])([2H])[2H])cn2)ccc1C([2H])([2H])[2H].[2H]C([2H])([2H])c1c[c-]c(-c2nc3ccc4ccccc4c3n2-c2c(C(C)C)cc(-c3ccccc3)cc2C(C)C)c2oc3cc4c(ccc5ccccc54)cc3c12.[Ir]. The van der Waals surface area contributed by atoms with E-state index in [1.54, 1.807) is 12.1 Å². The Hall–Kier alpha value is -7.17. The Bertz CT molecular complexity index is 4440. The molecule has 0 unspecified atom stereocenters. The van der Waals surface area contributed by atoms with Crippen LogP contribution in [0.2, 0.25) is 0 Å². The van der Waals surface area contributed by atoms with Crippen molar-refractivity contribution >= 4 is 65.3 Å². The van der Waals surface area contributed by atoms with Gasteiger partial charge in [0.15, 0.2) is 0 Å². The van der Waals surface area contributed by atoms with Gasteiger partial charge in [0, 0.05) is 59.2 Å². The normalized spacial score (nSPS) is 15.0. The molecule has 0 N–H and O–H groups in total. The number of aryl methyl sites for hydroxylation is 4. The molecular weight excluding hydrogens is 1070 g/mol. The summed E-state index contributed by atoms with van der Waals surface area (Å²) in [5, 5.41) is 7.84. The monoisotopic (exact) mass is 1140 g/mol. The molecule has 1 radical (unpaired) electrons. The third-order valence-electron chi connectivity index (χ3n) is 13.9. The minimum absolute atomic E-state index is 0. The molecular formula is C68H61IrN3O-2. The number of hydrogen-bond acceptors (Lipinski definition) is 3. The fourth-order valence-electron chi connectivity index (χ4n) is 10.2.